The maximum atomic E-state index is 12.0. The van der Waals surface area contributed by atoms with E-state index in [-0.39, 0.29) is 29.8 Å². The predicted octanol–water partition coefficient (Wildman–Crippen LogP) is 0.563. The van der Waals surface area contributed by atoms with Gasteiger partial charge in [-0.25, -0.2) is 0 Å². The second kappa shape index (κ2) is 5.58. The summed E-state index contributed by atoms with van der Waals surface area (Å²) >= 11 is 0. The van der Waals surface area contributed by atoms with E-state index >= 15 is 0 Å². The molecule has 5 nitrogen and oxygen atoms in total. The minimum Gasteiger partial charge on any atom is -0.340 e. The molecule has 2 aliphatic heterocycles. The molecule has 0 spiro atoms. The lowest BCUT2D eigenvalue weighted by atomic mass is 9.83. The van der Waals surface area contributed by atoms with Gasteiger partial charge in [-0.15, -0.1) is 12.4 Å². The summed E-state index contributed by atoms with van der Waals surface area (Å²) < 4.78 is 1.87. The third kappa shape index (κ3) is 2.47. The van der Waals surface area contributed by atoms with E-state index in [4.69, 9.17) is 5.73 Å². The van der Waals surface area contributed by atoms with Crippen LogP contribution < -0.4 is 11.3 Å². The van der Waals surface area contributed by atoms with Gasteiger partial charge in [0, 0.05) is 37.3 Å². The lowest BCUT2D eigenvalue weighted by Crippen LogP contribution is -2.52. The van der Waals surface area contributed by atoms with E-state index in [0.717, 1.165) is 18.7 Å². The average molecular weight is 298 g/mol. The van der Waals surface area contributed by atoms with Gasteiger partial charge < -0.3 is 15.2 Å². The number of piperidine rings is 1. The molecule has 2 bridgehead atoms. The van der Waals surface area contributed by atoms with Gasteiger partial charge in [-0.05, 0) is 25.3 Å². The molecule has 3 heterocycles. The highest BCUT2D eigenvalue weighted by molar-refractivity contribution is 5.85. The fourth-order valence-corrected chi connectivity index (χ4v) is 3.36. The Morgan fingerprint density at radius 3 is 2.80 bits per heavy atom. The van der Waals surface area contributed by atoms with E-state index in [1.54, 1.807) is 19.1 Å². The zero-order valence-corrected chi connectivity index (χ0v) is 12.3. The van der Waals surface area contributed by atoms with Crippen LogP contribution in [0.3, 0.4) is 0 Å². The van der Waals surface area contributed by atoms with Crippen LogP contribution in [-0.2, 0) is 11.3 Å². The molecule has 1 aromatic rings. The first-order chi connectivity index (χ1) is 9.06. The number of rotatable bonds is 1. The van der Waals surface area contributed by atoms with Crippen molar-refractivity contribution in [1.29, 1.82) is 0 Å². The summed E-state index contributed by atoms with van der Waals surface area (Å²) in [5, 5.41) is 0. The van der Waals surface area contributed by atoms with Crippen LogP contribution in [0.1, 0.15) is 25.0 Å². The Bertz CT molecular complexity index is 570. The minimum atomic E-state index is -0.447. The van der Waals surface area contributed by atoms with Crippen LogP contribution in [0.4, 0.5) is 0 Å². The number of fused-ring (bicyclic) bond motifs is 4. The van der Waals surface area contributed by atoms with E-state index in [9.17, 15) is 9.59 Å². The van der Waals surface area contributed by atoms with Crippen molar-refractivity contribution >= 4 is 18.3 Å². The number of likely N-dealkylation sites (tertiary alicyclic amines) is 1. The lowest BCUT2D eigenvalue weighted by Gasteiger charge is -2.43. The van der Waals surface area contributed by atoms with Gasteiger partial charge in [0.05, 0.1) is 6.04 Å². The van der Waals surface area contributed by atoms with Gasteiger partial charge in [-0.1, -0.05) is 6.07 Å². The van der Waals surface area contributed by atoms with Crippen molar-refractivity contribution in [2.45, 2.75) is 31.8 Å². The van der Waals surface area contributed by atoms with Crippen LogP contribution >= 0.6 is 12.4 Å². The van der Waals surface area contributed by atoms with Gasteiger partial charge in [-0.2, -0.15) is 0 Å². The molecule has 110 valence electrons. The summed E-state index contributed by atoms with van der Waals surface area (Å²) in [6.45, 7) is 3.84. The third-order valence-corrected chi connectivity index (χ3v) is 4.18. The van der Waals surface area contributed by atoms with Gasteiger partial charge in [0.25, 0.3) is 5.56 Å². The van der Waals surface area contributed by atoms with Crippen molar-refractivity contribution in [3.63, 3.8) is 0 Å². The summed E-state index contributed by atoms with van der Waals surface area (Å²) in [6, 6.07) is 4.97. The predicted molar refractivity (Wildman–Crippen MR) is 79.0 cm³/mol. The normalized spacial score (nSPS) is 25.4. The molecule has 0 radical (unpaired) electrons. The molecule has 6 heteroatoms. The van der Waals surface area contributed by atoms with Crippen molar-refractivity contribution in [3.8, 4) is 0 Å². The van der Waals surface area contributed by atoms with Gasteiger partial charge >= 0.3 is 0 Å². The molecule has 3 atom stereocenters. The maximum Gasteiger partial charge on any atom is 0.250 e. The number of hydrogen-bond acceptors (Lipinski definition) is 3. The van der Waals surface area contributed by atoms with Crippen molar-refractivity contribution < 1.29 is 4.79 Å². The first-order valence-electron chi connectivity index (χ1n) is 6.80. The largest absolute Gasteiger partial charge is 0.340 e. The summed E-state index contributed by atoms with van der Waals surface area (Å²) in [5.41, 5.74) is 6.82. The molecular formula is C14H20ClN3O2. The first kappa shape index (κ1) is 15.1. The molecular weight excluding hydrogens is 278 g/mol. The van der Waals surface area contributed by atoms with E-state index in [1.807, 2.05) is 15.5 Å². The number of halogens is 1. The standard InChI is InChI=1S/C14H19N3O2.ClH/c1-9(15)14(19)16-6-10-5-11(8-16)12-3-2-4-13(18)17(12)7-10;/h2-4,9-11H,5-8,15H2,1H3;1H/t9-,10?,11?;/m0./s1. The second-order valence-corrected chi connectivity index (χ2v) is 5.73. The Balaban J connectivity index is 0.00000147. The van der Waals surface area contributed by atoms with Crippen LogP contribution in [0.5, 0.6) is 0 Å². The van der Waals surface area contributed by atoms with Crippen LogP contribution in [0.15, 0.2) is 23.0 Å². The van der Waals surface area contributed by atoms with E-state index in [1.165, 1.54) is 0 Å². The summed E-state index contributed by atoms with van der Waals surface area (Å²) in [5.74, 6) is 0.652. The van der Waals surface area contributed by atoms with E-state index in [0.29, 0.717) is 19.0 Å². The van der Waals surface area contributed by atoms with Crippen molar-refractivity contribution in [3.05, 3.63) is 34.2 Å². The molecule has 0 saturated carbocycles. The zero-order valence-electron chi connectivity index (χ0n) is 11.5. The number of carbonyl (C=O) groups is 1. The van der Waals surface area contributed by atoms with Crippen LogP contribution in [-0.4, -0.2) is 34.5 Å². The topological polar surface area (TPSA) is 68.3 Å². The molecule has 2 aliphatic rings. The van der Waals surface area contributed by atoms with Gasteiger partial charge in [0.1, 0.15) is 0 Å². The summed E-state index contributed by atoms with van der Waals surface area (Å²) in [6.07, 6.45) is 1.06. The van der Waals surface area contributed by atoms with Gasteiger partial charge in [0.15, 0.2) is 0 Å². The molecule has 20 heavy (non-hydrogen) atoms. The fraction of sp³-hybridized carbons (Fsp3) is 0.571. The summed E-state index contributed by atoms with van der Waals surface area (Å²) in [7, 11) is 0. The van der Waals surface area contributed by atoms with E-state index < -0.39 is 6.04 Å². The van der Waals surface area contributed by atoms with Gasteiger partial charge in [0.2, 0.25) is 5.91 Å². The average Bonchev–Trinajstić information content (AvgIpc) is 2.39. The number of pyridine rings is 1. The highest BCUT2D eigenvalue weighted by Crippen LogP contribution is 2.34. The Morgan fingerprint density at radius 2 is 2.10 bits per heavy atom. The van der Waals surface area contributed by atoms with Gasteiger partial charge in [-0.3, -0.25) is 9.59 Å². The quantitative estimate of drug-likeness (QED) is 0.824. The highest BCUT2D eigenvalue weighted by Gasteiger charge is 2.36. The second-order valence-electron chi connectivity index (χ2n) is 5.73. The van der Waals surface area contributed by atoms with Crippen molar-refractivity contribution in [1.82, 2.24) is 9.47 Å². The van der Waals surface area contributed by atoms with Crippen LogP contribution in [0.2, 0.25) is 0 Å². The van der Waals surface area contributed by atoms with Crippen LogP contribution in [0.25, 0.3) is 0 Å². The fourth-order valence-electron chi connectivity index (χ4n) is 3.36. The number of nitrogens with zero attached hydrogens (tertiary/aromatic N) is 2. The van der Waals surface area contributed by atoms with Crippen molar-refractivity contribution in [2.24, 2.45) is 11.7 Å². The minimum absolute atomic E-state index is 0. The molecule has 1 saturated heterocycles. The molecule has 1 aromatic heterocycles. The molecule has 0 aromatic carbocycles. The number of amides is 1. The molecule has 1 amide bonds. The number of hydrogen-bond donors (Lipinski definition) is 1. The Kier molecular flexibility index (Phi) is 4.20. The van der Waals surface area contributed by atoms with Crippen LogP contribution in [0, 0.1) is 5.92 Å². The SMILES string of the molecule is C[C@H](N)C(=O)N1CC2CC(C1)c1cccc(=O)n1C2.Cl. The first-order valence-corrected chi connectivity index (χ1v) is 6.80. The zero-order chi connectivity index (χ0) is 13.6. The third-order valence-electron chi connectivity index (χ3n) is 4.18. The lowest BCUT2D eigenvalue weighted by molar-refractivity contribution is -0.134. The summed E-state index contributed by atoms with van der Waals surface area (Å²) in [4.78, 5) is 25.8. The van der Waals surface area contributed by atoms with E-state index in [2.05, 4.69) is 0 Å². The molecule has 2 N–H and O–H groups in total. The maximum absolute atomic E-state index is 12.0. The molecule has 0 aliphatic carbocycles. The monoisotopic (exact) mass is 297 g/mol. The smallest absolute Gasteiger partial charge is 0.250 e. The molecule has 1 fully saturated rings. The molecule has 2 unspecified atom stereocenters. The molecule has 3 rings (SSSR count). The highest BCUT2D eigenvalue weighted by atomic mass is 35.5. The Morgan fingerprint density at radius 1 is 1.35 bits per heavy atom. The number of carbonyl (C=O) groups excluding carboxylic acids is 1. The Hall–Kier alpha value is -1.33. The number of aromatic nitrogens is 1. The Labute approximate surface area is 124 Å². The van der Waals surface area contributed by atoms with Crippen molar-refractivity contribution in [2.75, 3.05) is 13.1 Å². The number of nitrogens with two attached hydrogens (primary N) is 1.